The lowest BCUT2D eigenvalue weighted by Crippen LogP contribution is -2.25. The van der Waals surface area contributed by atoms with Gasteiger partial charge < -0.3 is 4.74 Å². The van der Waals surface area contributed by atoms with Gasteiger partial charge in [-0.15, -0.1) is 0 Å². The molecule has 0 aliphatic carbocycles. The van der Waals surface area contributed by atoms with E-state index in [-0.39, 0.29) is 0 Å². The van der Waals surface area contributed by atoms with Crippen molar-refractivity contribution in [1.82, 2.24) is 0 Å². The molecule has 1 fully saturated rings. The minimum Gasteiger partial charge on any atom is -0.381 e. The highest BCUT2D eigenvalue weighted by atomic mass is 79.9. The van der Waals surface area contributed by atoms with Gasteiger partial charge >= 0.3 is 0 Å². The number of aryl methyl sites for hydroxylation is 2. The van der Waals surface area contributed by atoms with Crippen LogP contribution in [0.1, 0.15) is 29.5 Å². The van der Waals surface area contributed by atoms with E-state index in [2.05, 4.69) is 48.0 Å². The number of benzene rings is 1. The van der Waals surface area contributed by atoms with Crippen molar-refractivity contribution in [2.24, 2.45) is 5.92 Å². The summed E-state index contributed by atoms with van der Waals surface area (Å²) in [6.45, 7) is 6.23. The second kappa shape index (κ2) is 6.01. The van der Waals surface area contributed by atoms with Gasteiger partial charge in [0.2, 0.25) is 0 Å². The standard InChI is InChI=1S/C15H21BrO/c1-11-3-4-12(2)14(9-11)10-15(16)13-5-7-17-8-6-13/h3-4,9,13,15H,5-8,10H2,1-2H3. The summed E-state index contributed by atoms with van der Waals surface area (Å²) in [5, 5.41) is 0. The van der Waals surface area contributed by atoms with Crippen molar-refractivity contribution < 1.29 is 4.74 Å². The van der Waals surface area contributed by atoms with E-state index in [9.17, 15) is 0 Å². The van der Waals surface area contributed by atoms with Crippen LogP contribution in [0.15, 0.2) is 18.2 Å². The summed E-state index contributed by atoms with van der Waals surface area (Å²) in [5.74, 6) is 0.767. The van der Waals surface area contributed by atoms with Crippen LogP contribution in [-0.2, 0) is 11.2 Å². The van der Waals surface area contributed by atoms with Crippen molar-refractivity contribution in [3.8, 4) is 0 Å². The highest BCUT2D eigenvalue weighted by Crippen LogP contribution is 2.28. The Labute approximate surface area is 113 Å². The molecule has 0 saturated carbocycles. The Morgan fingerprint density at radius 1 is 1.29 bits per heavy atom. The summed E-state index contributed by atoms with van der Waals surface area (Å²) < 4.78 is 5.42. The molecule has 1 aliphatic heterocycles. The fourth-order valence-corrected chi connectivity index (χ4v) is 3.35. The lowest BCUT2D eigenvalue weighted by Gasteiger charge is -2.27. The van der Waals surface area contributed by atoms with Crippen molar-refractivity contribution in [3.63, 3.8) is 0 Å². The van der Waals surface area contributed by atoms with Crippen LogP contribution in [0.25, 0.3) is 0 Å². The van der Waals surface area contributed by atoms with Gasteiger partial charge in [0.1, 0.15) is 0 Å². The summed E-state index contributed by atoms with van der Waals surface area (Å²) in [4.78, 5) is 0.590. The maximum Gasteiger partial charge on any atom is 0.0469 e. The Morgan fingerprint density at radius 2 is 2.00 bits per heavy atom. The highest BCUT2D eigenvalue weighted by molar-refractivity contribution is 9.09. The Bertz CT molecular complexity index is 369. The largest absolute Gasteiger partial charge is 0.381 e. The molecule has 1 heterocycles. The SMILES string of the molecule is Cc1ccc(C)c(CC(Br)C2CCOCC2)c1. The Morgan fingerprint density at radius 3 is 2.71 bits per heavy atom. The molecule has 0 bridgehead atoms. The number of alkyl halides is 1. The molecule has 17 heavy (non-hydrogen) atoms. The smallest absolute Gasteiger partial charge is 0.0469 e. The van der Waals surface area contributed by atoms with Crippen LogP contribution < -0.4 is 0 Å². The summed E-state index contributed by atoms with van der Waals surface area (Å²) >= 11 is 3.88. The van der Waals surface area contributed by atoms with Crippen LogP contribution in [0.3, 0.4) is 0 Å². The van der Waals surface area contributed by atoms with E-state index >= 15 is 0 Å². The number of hydrogen-bond donors (Lipinski definition) is 0. The average Bonchev–Trinajstić information content (AvgIpc) is 2.35. The molecule has 0 aromatic heterocycles. The zero-order valence-electron chi connectivity index (χ0n) is 10.7. The van der Waals surface area contributed by atoms with Gasteiger partial charge in [-0.05, 0) is 50.2 Å². The normalized spacial score (nSPS) is 19.2. The minimum absolute atomic E-state index is 0.590. The number of hydrogen-bond acceptors (Lipinski definition) is 1. The number of ether oxygens (including phenoxy) is 1. The van der Waals surface area contributed by atoms with Crippen LogP contribution >= 0.6 is 15.9 Å². The maximum absolute atomic E-state index is 5.42. The van der Waals surface area contributed by atoms with Crippen molar-refractivity contribution in [2.45, 2.75) is 37.9 Å². The van der Waals surface area contributed by atoms with Crippen molar-refractivity contribution in [3.05, 3.63) is 34.9 Å². The predicted octanol–water partition coefficient (Wildman–Crippen LogP) is 4.04. The van der Waals surface area contributed by atoms with Crippen molar-refractivity contribution >= 4 is 15.9 Å². The molecule has 0 N–H and O–H groups in total. The monoisotopic (exact) mass is 296 g/mol. The van der Waals surface area contributed by atoms with E-state index in [1.54, 1.807) is 0 Å². The number of halogens is 1. The molecule has 1 aromatic carbocycles. The first kappa shape index (κ1) is 13.1. The summed E-state index contributed by atoms with van der Waals surface area (Å²) in [6, 6.07) is 6.74. The molecule has 1 atom stereocenters. The van der Waals surface area contributed by atoms with Crippen LogP contribution in [0.5, 0.6) is 0 Å². The van der Waals surface area contributed by atoms with Gasteiger partial charge in [-0.1, -0.05) is 39.7 Å². The van der Waals surface area contributed by atoms with Gasteiger partial charge in [-0.3, -0.25) is 0 Å². The second-order valence-electron chi connectivity index (χ2n) is 5.10. The molecule has 94 valence electrons. The van der Waals surface area contributed by atoms with Gasteiger partial charge in [0, 0.05) is 18.0 Å². The minimum atomic E-state index is 0.590. The zero-order chi connectivity index (χ0) is 12.3. The zero-order valence-corrected chi connectivity index (χ0v) is 12.3. The van der Waals surface area contributed by atoms with E-state index in [0.29, 0.717) is 4.83 Å². The van der Waals surface area contributed by atoms with Gasteiger partial charge in [-0.25, -0.2) is 0 Å². The van der Waals surface area contributed by atoms with E-state index < -0.39 is 0 Å². The molecule has 0 spiro atoms. The maximum atomic E-state index is 5.42. The quantitative estimate of drug-likeness (QED) is 0.765. The summed E-state index contributed by atoms with van der Waals surface area (Å²) in [6.07, 6.45) is 3.53. The fraction of sp³-hybridized carbons (Fsp3) is 0.600. The third-order valence-corrected chi connectivity index (χ3v) is 4.77. The molecule has 2 rings (SSSR count). The van der Waals surface area contributed by atoms with Gasteiger partial charge in [0.15, 0.2) is 0 Å². The van der Waals surface area contributed by atoms with Crippen LogP contribution in [-0.4, -0.2) is 18.0 Å². The molecule has 1 aromatic rings. The van der Waals surface area contributed by atoms with Crippen molar-refractivity contribution in [2.75, 3.05) is 13.2 Å². The summed E-state index contributed by atoms with van der Waals surface area (Å²) in [5.41, 5.74) is 4.25. The fourth-order valence-electron chi connectivity index (χ4n) is 2.47. The highest BCUT2D eigenvalue weighted by Gasteiger charge is 2.22. The first-order chi connectivity index (χ1) is 8.16. The molecular weight excluding hydrogens is 276 g/mol. The Balaban J connectivity index is 2.01. The van der Waals surface area contributed by atoms with E-state index in [1.807, 2.05) is 0 Å². The average molecular weight is 297 g/mol. The number of rotatable bonds is 3. The third kappa shape index (κ3) is 3.56. The molecule has 0 amide bonds. The lowest BCUT2D eigenvalue weighted by molar-refractivity contribution is 0.0662. The summed E-state index contributed by atoms with van der Waals surface area (Å²) in [7, 11) is 0. The molecule has 1 aliphatic rings. The molecular formula is C15H21BrO. The van der Waals surface area contributed by atoms with E-state index in [0.717, 1.165) is 25.6 Å². The first-order valence-electron chi connectivity index (χ1n) is 6.45. The molecule has 1 saturated heterocycles. The van der Waals surface area contributed by atoms with Crippen LogP contribution in [0, 0.1) is 19.8 Å². The van der Waals surface area contributed by atoms with E-state index in [4.69, 9.17) is 4.74 Å². The predicted molar refractivity (Wildman–Crippen MR) is 75.9 cm³/mol. The molecule has 0 radical (unpaired) electrons. The van der Waals surface area contributed by atoms with Gasteiger partial charge in [0.25, 0.3) is 0 Å². The topological polar surface area (TPSA) is 9.23 Å². The molecule has 1 nitrogen and oxygen atoms in total. The molecule has 2 heteroatoms. The Kier molecular flexibility index (Phi) is 4.63. The second-order valence-corrected chi connectivity index (χ2v) is 6.28. The van der Waals surface area contributed by atoms with Gasteiger partial charge in [-0.2, -0.15) is 0 Å². The van der Waals surface area contributed by atoms with Gasteiger partial charge in [0.05, 0.1) is 0 Å². The van der Waals surface area contributed by atoms with Crippen LogP contribution in [0.4, 0.5) is 0 Å². The molecule has 1 unspecified atom stereocenters. The third-order valence-electron chi connectivity index (χ3n) is 3.70. The van der Waals surface area contributed by atoms with Crippen molar-refractivity contribution in [1.29, 1.82) is 0 Å². The van der Waals surface area contributed by atoms with E-state index in [1.165, 1.54) is 29.5 Å². The Hall–Kier alpha value is -0.340. The van der Waals surface area contributed by atoms with Crippen LogP contribution in [0.2, 0.25) is 0 Å². The first-order valence-corrected chi connectivity index (χ1v) is 7.36. The lowest BCUT2D eigenvalue weighted by atomic mass is 9.91.